The number of amides is 1. The number of pyridine rings is 1. The highest BCUT2D eigenvalue weighted by molar-refractivity contribution is 6.04. The highest BCUT2D eigenvalue weighted by Gasteiger charge is 2.38. The Morgan fingerprint density at radius 1 is 1.21 bits per heavy atom. The number of anilines is 2. The standard InChI is InChI=1S/C18H19F2N3O/c1-12-3-5-15(9-13(12)2)22-17(24)14-4-6-16(21-10-14)23-8-7-18(19,20)11-23/h3-6,9-10H,7-8,11H2,1-2H3,(H,22,24). The van der Waals surface area contributed by atoms with Crippen LogP contribution in [0.5, 0.6) is 0 Å². The van der Waals surface area contributed by atoms with Crippen LogP contribution in [0.15, 0.2) is 36.5 Å². The average molecular weight is 331 g/mol. The summed E-state index contributed by atoms with van der Waals surface area (Å²) in [5.41, 5.74) is 3.35. The Morgan fingerprint density at radius 3 is 2.58 bits per heavy atom. The summed E-state index contributed by atoms with van der Waals surface area (Å²) >= 11 is 0. The van der Waals surface area contributed by atoms with Crippen molar-refractivity contribution in [2.24, 2.45) is 0 Å². The summed E-state index contributed by atoms with van der Waals surface area (Å²) in [4.78, 5) is 17.9. The van der Waals surface area contributed by atoms with E-state index in [2.05, 4.69) is 10.3 Å². The fraction of sp³-hybridized carbons (Fsp3) is 0.333. The number of aromatic nitrogens is 1. The number of benzene rings is 1. The third-order valence-corrected chi connectivity index (χ3v) is 4.27. The van der Waals surface area contributed by atoms with Crippen LogP contribution in [0.4, 0.5) is 20.3 Å². The van der Waals surface area contributed by atoms with Crippen LogP contribution in [0.25, 0.3) is 0 Å². The van der Waals surface area contributed by atoms with Crippen LogP contribution < -0.4 is 10.2 Å². The van der Waals surface area contributed by atoms with Gasteiger partial charge in [0.15, 0.2) is 0 Å². The minimum Gasteiger partial charge on any atom is -0.350 e. The molecule has 0 aliphatic carbocycles. The second-order valence-electron chi connectivity index (χ2n) is 6.19. The molecule has 1 aromatic carbocycles. The second-order valence-corrected chi connectivity index (χ2v) is 6.19. The Morgan fingerprint density at radius 2 is 2.00 bits per heavy atom. The SMILES string of the molecule is Cc1ccc(NC(=O)c2ccc(N3CCC(F)(F)C3)nc2)cc1C. The molecule has 3 rings (SSSR count). The fourth-order valence-corrected chi connectivity index (χ4v) is 2.66. The van der Waals surface area contributed by atoms with Crippen molar-refractivity contribution < 1.29 is 13.6 Å². The molecule has 1 amide bonds. The molecule has 0 spiro atoms. The molecule has 126 valence electrons. The second kappa shape index (κ2) is 6.19. The molecule has 0 bridgehead atoms. The molecule has 0 unspecified atom stereocenters. The van der Waals surface area contributed by atoms with Gasteiger partial charge in [-0.2, -0.15) is 0 Å². The molecule has 4 nitrogen and oxygen atoms in total. The normalized spacial score (nSPS) is 16.2. The molecule has 1 N–H and O–H groups in total. The molecule has 0 radical (unpaired) electrons. The lowest BCUT2D eigenvalue weighted by atomic mass is 10.1. The van der Waals surface area contributed by atoms with Crippen molar-refractivity contribution in [3.8, 4) is 0 Å². The summed E-state index contributed by atoms with van der Waals surface area (Å²) in [6.07, 6.45) is 1.26. The van der Waals surface area contributed by atoms with Gasteiger partial charge in [-0.25, -0.2) is 13.8 Å². The first-order chi connectivity index (χ1) is 11.3. The zero-order valence-corrected chi connectivity index (χ0v) is 13.6. The fourth-order valence-electron chi connectivity index (χ4n) is 2.66. The number of rotatable bonds is 3. The van der Waals surface area contributed by atoms with Gasteiger partial charge in [-0.15, -0.1) is 0 Å². The number of carbonyl (C=O) groups excluding carboxylic acids is 1. The van der Waals surface area contributed by atoms with Crippen molar-refractivity contribution in [3.05, 3.63) is 53.2 Å². The third kappa shape index (κ3) is 3.53. The van der Waals surface area contributed by atoms with Crippen molar-refractivity contribution >= 4 is 17.4 Å². The maximum Gasteiger partial charge on any atom is 0.266 e. The number of hydrogen-bond donors (Lipinski definition) is 1. The van der Waals surface area contributed by atoms with Gasteiger partial charge in [0.1, 0.15) is 5.82 Å². The first-order valence-corrected chi connectivity index (χ1v) is 7.81. The Balaban J connectivity index is 1.69. The van der Waals surface area contributed by atoms with Crippen molar-refractivity contribution in [2.75, 3.05) is 23.3 Å². The van der Waals surface area contributed by atoms with E-state index in [0.717, 1.165) is 11.1 Å². The smallest absolute Gasteiger partial charge is 0.266 e. The van der Waals surface area contributed by atoms with Gasteiger partial charge >= 0.3 is 0 Å². The van der Waals surface area contributed by atoms with Gasteiger partial charge in [-0.1, -0.05) is 6.07 Å². The lowest BCUT2D eigenvalue weighted by Crippen LogP contribution is -2.25. The van der Waals surface area contributed by atoms with E-state index in [1.807, 2.05) is 32.0 Å². The molecule has 1 aromatic heterocycles. The van der Waals surface area contributed by atoms with Gasteiger partial charge in [0.2, 0.25) is 0 Å². The quantitative estimate of drug-likeness (QED) is 0.930. The first kappa shape index (κ1) is 16.4. The molecule has 24 heavy (non-hydrogen) atoms. The Bertz CT molecular complexity index is 759. The predicted molar refractivity (Wildman–Crippen MR) is 89.9 cm³/mol. The lowest BCUT2D eigenvalue weighted by Gasteiger charge is -2.17. The van der Waals surface area contributed by atoms with Gasteiger partial charge in [0.05, 0.1) is 12.1 Å². The summed E-state index contributed by atoms with van der Waals surface area (Å²) in [5.74, 6) is -2.47. The molecule has 0 atom stereocenters. The Kier molecular flexibility index (Phi) is 4.22. The number of aryl methyl sites for hydroxylation is 2. The van der Waals surface area contributed by atoms with Crippen molar-refractivity contribution in [1.29, 1.82) is 0 Å². The van der Waals surface area contributed by atoms with Gasteiger partial charge in [0.25, 0.3) is 11.8 Å². The number of hydrogen-bond acceptors (Lipinski definition) is 3. The first-order valence-electron chi connectivity index (χ1n) is 7.81. The van der Waals surface area contributed by atoms with E-state index in [9.17, 15) is 13.6 Å². The number of carbonyl (C=O) groups is 1. The van der Waals surface area contributed by atoms with Crippen molar-refractivity contribution in [2.45, 2.75) is 26.2 Å². The van der Waals surface area contributed by atoms with Crippen LogP contribution in [0, 0.1) is 13.8 Å². The summed E-state index contributed by atoms with van der Waals surface area (Å²) in [7, 11) is 0. The van der Waals surface area contributed by atoms with E-state index >= 15 is 0 Å². The van der Waals surface area contributed by atoms with E-state index in [1.54, 1.807) is 12.1 Å². The van der Waals surface area contributed by atoms with Crippen LogP contribution >= 0.6 is 0 Å². The van der Waals surface area contributed by atoms with Gasteiger partial charge in [0, 0.05) is 24.8 Å². The maximum atomic E-state index is 13.3. The Hall–Kier alpha value is -2.50. The molecule has 1 saturated heterocycles. The molecule has 2 aromatic rings. The van der Waals surface area contributed by atoms with E-state index in [-0.39, 0.29) is 25.4 Å². The van der Waals surface area contributed by atoms with Crippen LogP contribution in [0.1, 0.15) is 27.9 Å². The topological polar surface area (TPSA) is 45.2 Å². The van der Waals surface area contributed by atoms with Gasteiger partial charge < -0.3 is 10.2 Å². The molecule has 1 aliphatic rings. The lowest BCUT2D eigenvalue weighted by molar-refractivity contribution is 0.0256. The van der Waals surface area contributed by atoms with Crippen LogP contribution in [-0.4, -0.2) is 29.9 Å². The number of alkyl halides is 2. The number of halogens is 2. The third-order valence-electron chi connectivity index (χ3n) is 4.27. The highest BCUT2D eigenvalue weighted by atomic mass is 19.3. The van der Waals surface area contributed by atoms with Crippen LogP contribution in [-0.2, 0) is 0 Å². The van der Waals surface area contributed by atoms with Crippen LogP contribution in [0.2, 0.25) is 0 Å². The molecule has 1 aliphatic heterocycles. The molecule has 0 saturated carbocycles. The highest BCUT2D eigenvalue weighted by Crippen LogP contribution is 2.29. The summed E-state index contributed by atoms with van der Waals surface area (Å²) in [6.45, 7) is 3.93. The van der Waals surface area contributed by atoms with Gasteiger partial charge in [-0.3, -0.25) is 4.79 Å². The van der Waals surface area contributed by atoms with Crippen molar-refractivity contribution in [3.63, 3.8) is 0 Å². The maximum absolute atomic E-state index is 13.3. The van der Waals surface area contributed by atoms with E-state index in [1.165, 1.54) is 11.1 Å². The molecule has 6 heteroatoms. The molecular weight excluding hydrogens is 312 g/mol. The van der Waals surface area contributed by atoms with E-state index < -0.39 is 5.92 Å². The number of nitrogens with zero attached hydrogens (tertiary/aromatic N) is 2. The predicted octanol–water partition coefficient (Wildman–Crippen LogP) is 3.80. The minimum absolute atomic E-state index is 0.163. The summed E-state index contributed by atoms with van der Waals surface area (Å²) < 4.78 is 26.5. The summed E-state index contributed by atoms with van der Waals surface area (Å²) in [6, 6.07) is 8.90. The number of nitrogens with one attached hydrogen (secondary N) is 1. The summed E-state index contributed by atoms with van der Waals surface area (Å²) in [5, 5.41) is 2.82. The molecular formula is C18H19F2N3O. The van der Waals surface area contributed by atoms with Gasteiger partial charge in [-0.05, 0) is 49.2 Å². The zero-order valence-electron chi connectivity index (χ0n) is 13.6. The van der Waals surface area contributed by atoms with Crippen molar-refractivity contribution in [1.82, 2.24) is 4.98 Å². The molecule has 1 fully saturated rings. The molecule has 2 heterocycles. The van der Waals surface area contributed by atoms with E-state index in [0.29, 0.717) is 17.1 Å². The zero-order chi connectivity index (χ0) is 17.3. The largest absolute Gasteiger partial charge is 0.350 e. The average Bonchev–Trinajstić information content (AvgIpc) is 2.91. The minimum atomic E-state index is -2.67. The van der Waals surface area contributed by atoms with Crippen LogP contribution in [0.3, 0.4) is 0 Å². The Labute approximate surface area is 139 Å². The van der Waals surface area contributed by atoms with E-state index in [4.69, 9.17) is 0 Å². The monoisotopic (exact) mass is 331 g/mol.